The SMILES string of the molecule is N#Cc1ccc(N2CC(CO)CC2=O)cc1C#N. The van der Waals surface area contributed by atoms with Gasteiger partial charge in [-0.15, -0.1) is 0 Å². The second-order valence-corrected chi connectivity index (χ2v) is 4.21. The Labute approximate surface area is 104 Å². The van der Waals surface area contributed by atoms with Crippen LogP contribution < -0.4 is 4.90 Å². The molecule has 0 aliphatic carbocycles. The minimum absolute atomic E-state index is 0.0242. The molecule has 5 nitrogen and oxygen atoms in total. The molecule has 0 radical (unpaired) electrons. The summed E-state index contributed by atoms with van der Waals surface area (Å²) in [5.41, 5.74) is 1.16. The highest BCUT2D eigenvalue weighted by Gasteiger charge is 2.30. The van der Waals surface area contributed by atoms with Crippen LogP contribution in [0.3, 0.4) is 0 Å². The van der Waals surface area contributed by atoms with Gasteiger partial charge >= 0.3 is 0 Å². The molecule has 1 saturated heterocycles. The van der Waals surface area contributed by atoms with Gasteiger partial charge in [-0.2, -0.15) is 10.5 Å². The van der Waals surface area contributed by atoms with Crippen molar-refractivity contribution in [3.63, 3.8) is 0 Å². The van der Waals surface area contributed by atoms with Crippen LogP contribution in [0.2, 0.25) is 0 Å². The van der Waals surface area contributed by atoms with Gasteiger partial charge in [0.05, 0.1) is 11.1 Å². The number of amides is 1. The standard InChI is InChI=1S/C13H11N3O2/c14-5-10-1-2-12(4-11(10)6-15)16-7-9(8-17)3-13(16)18/h1-2,4,9,17H,3,7-8H2. The first-order chi connectivity index (χ1) is 8.69. The van der Waals surface area contributed by atoms with Crippen molar-refractivity contribution in [2.45, 2.75) is 6.42 Å². The van der Waals surface area contributed by atoms with Gasteiger partial charge in [-0.1, -0.05) is 0 Å². The van der Waals surface area contributed by atoms with Gasteiger partial charge in [-0.05, 0) is 18.2 Å². The second kappa shape index (κ2) is 4.87. The fourth-order valence-corrected chi connectivity index (χ4v) is 2.04. The Morgan fingerprint density at radius 2 is 2.06 bits per heavy atom. The maximum atomic E-state index is 11.8. The summed E-state index contributed by atoms with van der Waals surface area (Å²) in [5.74, 6) is -0.124. The van der Waals surface area contributed by atoms with E-state index in [9.17, 15) is 4.79 Å². The summed E-state index contributed by atoms with van der Waals surface area (Å²) >= 11 is 0. The minimum Gasteiger partial charge on any atom is -0.396 e. The average Bonchev–Trinajstić information content (AvgIpc) is 2.79. The third-order valence-electron chi connectivity index (χ3n) is 3.02. The van der Waals surface area contributed by atoms with Gasteiger partial charge in [0.15, 0.2) is 0 Å². The van der Waals surface area contributed by atoms with Crippen LogP contribution in [0.5, 0.6) is 0 Å². The van der Waals surface area contributed by atoms with Gasteiger partial charge in [-0.25, -0.2) is 0 Å². The monoisotopic (exact) mass is 241 g/mol. The molecule has 1 aliphatic heterocycles. The number of nitrogens with zero attached hydrogens (tertiary/aromatic N) is 3. The number of carbonyl (C=O) groups is 1. The van der Waals surface area contributed by atoms with E-state index in [0.29, 0.717) is 24.2 Å². The molecule has 18 heavy (non-hydrogen) atoms. The van der Waals surface area contributed by atoms with Crippen molar-refractivity contribution in [2.24, 2.45) is 5.92 Å². The highest BCUT2D eigenvalue weighted by molar-refractivity contribution is 5.96. The molecular formula is C13H11N3O2. The summed E-state index contributed by atoms with van der Waals surface area (Å²) in [6, 6.07) is 8.59. The van der Waals surface area contributed by atoms with E-state index in [2.05, 4.69) is 0 Å². The van der Waals surface area contributed by atoms with Crippen LogP contribution in [0.15, 0.2) is 18.2 Å². The Kier molecular flexibility index (Phi) is 3.27. The number of anilines is 1. The number of hydrogen-bond acceptors (Lipinski definition) is 4. The first-order valence-corrected chi connectivity index (χ1v) is 5.55. The molecule has 1 unspecified atom stereocenters. The Hall–Kier alpha value is -2.37. The molecule has 5 heteroatoms. The number of carbonyl (C=O) groups excluding carboxylic acids is 1. The molecule has 2 rings (SSSR count). The van der Waals surface area contributed by atoms with Crippen molar-refractivity contribution in [3.05, 3.63) is 29.3 Å². The van der Waals surface area contributed by atoms with Gasteiger partial charge in [0.2, 0.25) is 5.91 Å². The molecule has 1 aromatic rings. The van der Waals surface area contributed by atoms with E-state index >= 15 is 0 Å². The van der Waals surface area contributed by atoms with Gasteiger partial charge < -0.3 is 10.0 Å². The summed E-state index contributed by atoms with van der Waals surface area (Å²) in [6.45, 7) is 0.426. The fraction of sp³-hybridized carbons (Fsp3) is 0.308. The normalized spacial score (nSPS) is 18.5. The molecular weight excluding hydrogens is 230 g/mol. The van der Waals surface area contributed by atoms with E-state index in [-0.39, 0.29) is 24.0 Å². The number of rotatable bonds is 2. The molecule has 1 aromatic carbocycles. The van der Waals surface area contributed by atoms with E-state index in [1.165, 1.54) is 12.1 Å². The predicted molar refractivity (Wildman–Crippen MR) is 63.4 cm³/mol. The van der Waals surface area contributed by atoms with Crippen LogP contribution in [0.4, 0.5) is 5.69 Å². The van der Waals surface area contributed by atoms with Crippen molar-refractivity contribution in [2.75, 3.05) is 18.1 Å². The van der Waals surface area contributed by atoms with Crippen LogP contribution in [-0.2, 0) is 4.79 Å². The zero-order valence-corrected chi connectivity index (χ0v) is 9.63. The van der Waals surface area contributed by atoms with Gasteiger partial charge in [0.1, 0.15) is 12.1 Å². The first-order valence-electron chi connectivity index (χ1n) is 5.55. The molecule has 1 amide bonds. The van der Waals surface area contributed by atoms with E-state index in [0.717, 1.165) is 0 Å². The quantitative estimate of drug-likeness (QED) is 0.828. The molecule has 1 N–H and O–H groups in total. The molecule has 0 saturated carbocycles. The molecule has 1 aliphatic rings. The van der Waals surface area contributed by atoms with E-state index in [1.54, 1.807) is 11.0 Å². The van der Waals surface area contributed by atoms with Crippen molar-refractivity contribution < 1.29 is 9.90 Å². The largest absolute Gasteiger partial charge is 0.396 e. The lowest BCUT2D eigenvalue weighted by Gasteiger charge is -2.16. The van der Waals surface area contributed by atoms with Crippen LogP contribution >= 0.6 is 0 Å². The molecule has 1 heterocycles. The Balaban J connectivity index is 2.33. The number of hydrogen-bond donors (Lipinski definition) is 1. The molecule has 1 fully saturated rings. The third kappa shape index (κ3) is 2.04. The van der Waals surface area contributed by atoms with Crippen molar-refractivity contribution in [1.82, 2.24) is 0 Å². The summed E-state index contributed by atoms with van der Waals surface area (Å²) in [5, 5.41) is 26.8. The number of nitriles is 2. The van der Waals surface area contributed by atoms with E-state index < -0.39 is 0 Å². The Morgan fingerprint density at radius 1 is 1.33 bits per heavy atom. The lowest BCUT2D eigenvalue weighted by molar-refractivity contribution is -0.117. The molecule has 1 atom stereocenters. The Morgan fingerprint density at radius 3 is 2.61 bits per heavy atom. The summed E-state index contributed by atoms with van der Waals surface area (Å²) in [6.07, 6.45) is 0.318. The van der Waals surface area contributed by atoms with Gasteiger partial charge in [0.25, 0.3) is 0 Å². The highest BCUT2D eigenvalue weighted by atomic mass is 16.3. The maximum Gasteiger partial charge on any atom is 0.227 e. The van der Waals surface area contributed by atoms with Crippen LogP contribution in [0.25, 0.3) is 0 Å². The molecule has 0 spiro atoms. The smallest absolute Gasteiger partial charge is 0.227 e. The van der Waals surface area contributed by atoms with Gasteiger partial charge in [0, 0.05) is 31.2 Å². The zero-order valence-electron chi connectivity index (χ0n) is 9.63. The van der Waals surface area contributed by atoms with Crippen LogP contribution in [0.1, 0.15) is 17.5 Å². The molecule has 0 bridgehead atoms. The van der Waals surface area contributed by atoms with E-state index in [4.69, 9.17) is 15.6 Å². The average molecular weight is 241 g/mol. The lowest BCUT2D eigenvalue weighted by Crippen LogP contribution is -2.25. The summed E-state index contributed by atoms with van der Waals surface area (Å²) < 4.78 is 0. The van der Waals surface area contributed by atoms with E-state index in [1.807, 2.05) is 12.1 Å². The lowest BCUT2D eigenvalue weighted by atomic mass is 10.1. The van der Waals surface area contributed by atoms with Crippen molar-refractivity contribution >= 4 is 11.6 Å². The minimum atomic E-state index is -0.0670. The first kappa shape index (κ1) is 12.1. The third-order valence-corrected chi connectivity index (χ3v) is 3.02. The summed E-state index contributed by atoms with van der Waals surface area (Å²) in [7, 11) is 0. The van der Waals surface area contributed by atoms with Crippen molar-refractivity contribution in [3.8, 4) is 12.1 Å². The van der Waals surface area contributed by atoms with Gasteiger partial charge in [-0.3, -0.25) is 4.79 Å². The predicted octanol–water partition coefficient (Wildman–Crippen LogP) is 0.775. The van der Waals surface area contributed by atoms with Crippen LogP contribution in [-0.4, -0.2) is 24.2 Å². The number of benzene rings is 1. The number of aliphatic hydroxyl groups is 1. The summed E-state index contributed by atoms with van der Waals surface area (Å²) in [4.78, 5) is 13.3. The Bertz CT molecular complexity index is 569. The fourth-order valence-electron chi connectivity index (χ4n) is 2.04. The number of aliphatic hydroxyl groups excluding tert-OH is 1. The van der Waals surface area contributed by atoms with Crippen molar-refractivity contribution in [1.29, 1.82) is 10.5 Å². The van der Waals surface area contributed by atoms with Crippen LogP contribution in [0, 0.1) is 28.6 Å². The second-order valence-electron chi connectivity index (χ2n) is 4.21. The molecule has 0 aromatic heterocycles. The highest BCUT2D eigenvalue weighted by Crippen LogP contribution is 2.26. The topological polar surface area (TPSA) is 88.1 Å². The maximum absolute atomic E-state index is 11.8. The zero-order chi connectivity index (χ0) is 13.1. The molecule has 90 valence electrons.